The number of amides is 1. The topological polar surface area (TPSA) is 81.3 Å². The smallest absolute Gasteiger partial charge is 0.258 e. The van der Waals surface area contributed by atoms with Gasteiger partial charge in [-0.1, -0.05) is 25.1 Å². The van der Waals surface area contributed by atoms with Crippen LogP contribution in [0.15, 0.2) is 30.3 Å². The first kappa shape index (κ1) is 17.9. The first-order valence-corrected chi connectivity index (χ1v) is 10.0. The third-order valence-electron chi connectivity index (χ3n) is 6.27. The summed E-state index contributed by atoms with van der Waals surface area (Å²) >= 11 is 0. The summed E-state index contributed by atoms with van der Waals surface area (Å²) in [4.78, 5) is 24.4. The van der Waals surface area contributed by atoms with Gasteiger partial charge >= 0.3 is 0 Å². The van der Waals surface area contributed by atoms with Crippen LogP contribution in [-0.2, 0) is 6.54 Å². The summed E-state index contributed by atoms with van der Waals surface area (Å²) in [5.41, 5.74) is 12.0. The lowest BCUT2D eigenvalue weighted by molar-refractivity contribution is 0.0509. The van der Waals surface area contributed by atoms with Gasteiger partial charge in [-0.15, -0.1) is 0 Å². The summed E-state index contributed by atoms with van der Waals surface area (Å²) in [6.45, 7) is 4.72. The number of pyridine rings is 2. The van der Waals surface area contributed by atoms with Crippen LogP contribution in [0.1, 0.15) is 41.5 Å². The second-order valence-corrected chi connectivity index (χ2v) is 8.20. The van der Waals surface area contributed by atoms with Crippen molar-refractivity contribution < 1.29 is 9.53 Å². The molecule has 3 heterocycles. The molecular weight excluding hydrogens is 364 g/mol. The maximum atomic E-state index is 13.1. The molecule has 1 saturated carbocycles. The number of fused-ring (bicyclic) bond motifs is 2. The van der Waals surface area contributed by atoms with Gasteiger partial charge in [0.25, 0.3) is 5.91 Å². The van der Waals surface area contributed by atoms with Crippen LogP contribution in [-0.4, -0.2) is 33.9 Å². The van der Waals surface area contributed by atoms with Crippen molar-refractivity contribution in [1.29, 1.82) is 0 Å². The van der Waals surface area contributed by atoms with Crippen LogP contribution >= 0.6 is 0 Å². The van der Waals surface area contributed by atoms with E-state index < -0.39 is 0 Å². The fourth-order valence-electron chi connectivity index (χ4n) is 4.66. The van der Waals surface area contributed by atoms with Crippen LogP contribution in [0, 0.1) is 12.8 Å². The van der Waals surface area contributed by atoms with Crippen molar-refractivity contribution in [3.05, 3.63) is 47.3 Å². The number of benzene rings is 1. The van der Waals surface area contributed by atoms with Gasteiger partial charge in [0.05, 0.1) is 36.1 Å². The number of anilines is 1. The van der Waals surface area contributed by atoms with Gasteiger partial charge in [0.1, 0.15) is 0 Å². The molecule has 0 bridgehead atoms. The fourth-order valence-corrected chi connectivity index (χ4v) is 4.66. The van der Waals surface area contributed by atoms with E-state index in [4.69, 9.17) is 15.5 Å². The Labute approximate surface area is 169 Å². The highest BCUT2D eigenvalue weighted by Crippen LogP contribution is 2.41. The Morgan fingerprint density at radius 2 is 1.93 bits per heavy atom. The number of aryl methyl sites for hydroxylation is 1. The van der Waals surface area contributed by atoms with Crippen LogP contribution in [0.25, 0.3) is 22.0 Å². The lowest BCUT2D eigenvalue weighted by Crippen LogP contribution is -2.44. The lowest BCUT2D eigenvalue weighted by Gasteiger charge is -2.39. The van der Waals surface area contributed by atoms with E-state index in [1.54, 1.807) is 7.11 Å². The zero-order chi connectivity index (χ0) is 20.3. The molecule has 1 amide bonds. The second kappa shape index (κ2) is 6.44. The number of carbonyl (C=O) groups is 1. The van der Waals surface area contributed by atoms with Crippen LogP contribution in [0.4, 0.5) is 5.69 Å². The summed E-state index contributed by atoms with van der Waals surface area (Å²) < 4.78 is 5.23. The minimum absolute atomic E-state index is 0.0245. The number of rotatable bonds is 3. The quantitative estimate of drug-likeness (QED) is 0.735. The number of nitrogens with two attached hydrogens (primary N) is 1. The number of hydrogen-bond donors (Lipinski definition) is 1. The molecule has 0 unspecified atom stereocenters. The average Bonchev–Trinajstić information content (AvgIpc) is 3.01. The minimum Gasteiger partial charge on any atom is -0.481 e. The Morgan fingerprint density at radius 1 is 1.14 bits per heavy atom. The molecule has 2 aliphatic rings. The van der Waals surface area contributed by atoms with Gasteiger partial charge in [0, 0.05) is 34.3 Å². The number of nitrogen functional groups attached to an aromatic ring is 1. The van der Waals surface area contributed by atoms with Gasteiger partial charge in [-0.3, -0.25) is 4.79 Å². The summed E-state index contributed by atoms with van der Waals surface area (Å²) in [7, 11) is 1.61. The first-order valence-electron chi connectivity index (χ1n) is 10.0. The monoisotopic (exact) mass is 388 g/mol. The highest BCUT2D eigenvalue weighted by atomic mass is 16.5. The lowest BCUT2D eigenvalue weighted by atomic mass is 9.81. The Balaban J connectivity index is 1.65. The zero-order valence-electron chi connectivity index (χ0n) is 16.9. The van der Waals surface area contributed by atoms with Crippen molar-refractivity contribution in [2.75, 3.05) is 12.8 Å². The Bertz CT molecular complexity index is 1150. The van der Waals surface area contributed by atoms with E-state index in [0.717, 1.165) is 46.3 Å². The highest BCUT2D eigenvalue weighted by molar-refractivity contribution is 6.11. The SMILES string of the molecule is COc1ccc(-c2cccc3c(N)c4c(nc23)CN(C2CC(C)C2)C4=O)c(C)n1. The van der Waals surface area contributed by atoms with Crippen LogP contribution in [0.2, 0.25) is 0 Å². The predicted octanol–water partition coefficient (Wildman–Crippen LogP) is 3.95. The Morgan fingerprint density at radius 3 is 2.62 bits per heavy atom. The molecule has 2 aromatic heterocycles. The normalized spacial score (nSPS) is 20.7. The third kappa shape index (κ3) is 2.66. The van der Waals surface area contributed by atoms with Gasteiger partial charge in [-0.25, -0.2) is 9.97 Å². The molecule has 3 aromatic rings. The van der Waals surface area contributed by atoms with Crippen molar-refractivity contribution in [2.24, 2.45) is 5.92 Å². The molecular formula is C23H24N4O2. The van der Waals surface area contributed by atoms with Gasteiger partial charge in [0.15, 0.2) is 0 Å². The minimum atomic E-state index is 0.0245. The van der Waals surface area contributed by atoms with E-state index in [1.165, 1.54) is 0 Å². The van der Waals surface area contributed by atoms with Crippen molar-refractivity contribution in [2.45, 2.75) is 39.3 Å². The standard InChI is InChI=1S/C23H24N4O2/c1-12-9-14(10-12)27-11-18-20(23(27)28)21(24)17-6-4-5-16(22(17)26-18)15-7-8-19(29-3)25-13(15)2/h4-8,12,14H,9-11H2,1-3H3,(H2,24,26). The van der Waals surface area contributed by atoms with Crippen molar-refractivity contribution in [1.82, 2.24) is 14.9 Å². The van der Waals surface area contributed by atoms with Gasteiger partial charge in [-0.05, 0) is 31.7 Å². The molecule has 29 heavy (non-hydrogen) atoms. The van der Waals surface area contributed by atoms with Crippen LogP contribution in [0.3, 0.4) is 0 Å². The van der Waals surface area contributed by atoms with Crippen molar-refractivity contribution in [3.8, 4) is 17.0 Å². The predicted molar refractivity (Wildman–Crippen MR) is 113 cm³/mol. The number of ether oxygens (including phenoxy) is 1. The number of aromatic nitrogens is 2. The van der Waals surface area contributed by atoms with Crippen LogP contribution < -0.4 is 10.5 Å². The maximum absolute atomic E-state index is 13.1. The van der Waals surface area contributed by atoms with Crippen LogP contribution in [0.5, 0.6) is 5.88 Å². The molecule has 0 atom stereocenters. The third-order valence-corrected chi connectivity index (χ3v) is 6.27. The molecule has 1 aliphatic carbocycles. The van der Waals surface area contributed by atoms with E-state index in [-0.39, 0.29) is 5.91 Å². The van der Waals surface area contributed by atoms with Gasteiger partial charge in [0.2, 0.25) is 5.88 Å². The molecule has 0 radical (unpaired) electrons. The van der Waals surface area contributed by atoms with E-state index in [0.29, 0.717) is 35.6 Å². The second-order valence-electron chi connectivity index (χ2n) is 8.20. The summed E-state index contributed by atoms with van der Waals surface area (Å²) in [6, 6.07) is 10.1. The molecule has 2 N–H and O–H groups in total. The number of para-hydroxylation sites is 1. The van der Waals surface area contributed by atoms with Gasteiger partial charge in [-0.2, -0.15) is 0 Å². The number of methoxy groups -OCH3 is 1. The van der Waals surface area contributed by atoms with Gasteiger partial charge < -0.3 is 15.4 Å². The summed E-state index contributed by atoms with van der Waals surface area (Å²) in [5, 5.41) is 0.814. The van der Waals surface area contributed by atoms with E-state index in [2.05, 4.69) is 11.9 Å². The number of hydrogen-bond acceptors (Lipinski definition) is 5. The van der Waals surface area contributed by atoms with Crippen molar-refractivity contribution >= 4 is 22.5 Å². The molecule has 148 valence electrons. The van der Waals surface area contributed by atoms with E-state index in [9.17, 15) is 4.79 Å². The number of carbonyl (C=O) groups excluding carboxylic acids is 1. The average molecular weight is 388 g/mol. The molecule has 6 nitrogen and oxygen atoms in total. The Kier molecular flexibility index (Phi) is 3.98. The molecule has 0 spiro atoms. The molecule has 5 rings (SSSR count). The largest absolute Gasteiger partial charge is 0.481 e. The van der Waals surface area contributed by atoms with E-state index in [1.807, 2.05) is 42.2 Å². The molecule has 0 saturated heterocycles. The summed E-state index contributed by atoms with van der Waals surface area (Å²) in [6.07, 6.45) is 2.11. The molecule has 1 fully saturated rings. The fraction of sp³-hybridized carbons (Fsp3) is 0.348. The van der Waals surface area contributed by atoms with E-state index >= 15 is 0 Å². The zero-order valence-corrected chi connectivity index (χ0v) is 16.9. The molecule has 6 heteroatoms. The highest BCUT2D eigenvalue weighted by Gasteiger charge is 2.40. The maximum Gasteiger partial charge on any atom is 0.258 e. The summed E-state index contributed by atoms with van der Waals surface area (Å²) in [5.74, 6) is 1.28. The molecule has 1 aliphatic heterocycles. The first-order chi connectivity index (χ1) is 14.0. The molecule has 1 aromatic carbocycles. The van der Waals surface area contributed by atoms with Crippen molar-refractivity contribution in [3.63, 3.8) is 0 Å². The number of nitrogens with zero attached hydrogens (tertiary/aromatic N) is 3. The Hall–Kier alpha value is -3.15.